The lowest BCUT2D eigenvalue weighted by Gasteiger charge is -2.29. The van der Waals surface area contributed by atoms with Crippen LogP contribution < -0.4 is 14.4 Å². The van der Waals surface area contributed by atoms with E-state index in [2.05, 4.69) is 0 Å². The average Bonchev–Trinajstić information content (AvgIpc) is 2.47. The lowest BCUT2D eigenvalue weighted by molar-refractivity contribution is -0.137. The zero-order chi connectivity index (χ0) is 15.4. The Hall–Kier alpha value is -2.28. The zero-order valence-electron chi connectivity index (χ0n) is 11.7. The Morgan fingerprint density at radius 1 is 1.48 bits per heavy atom. The first-order valence-electron chi connectivity index (χ1n) is 6.62. The average molecular weight is 295 g/mol. The zero-order valence-corrected chi connectivity index (χ0v) is 11.7. The molecule has 0 aromatic heterocycles. The van der Waals surface area contributed by atoms with E-state index in [1.165, 1.54) is 6.07 Å². The number of ether oxygens (including phenoxy) is 2. The summed E-state index contributed by atoms with van der Waals surface area (Å²) in [5.74, 6) is -0.828. The summed E-state index contributed by atoms with van der Waals surface area (Å²) in [7, 11) is 0. The molecule has 0 fully saturated rings. The highest BCUT2D eigenvalue weighted by Gasteiger charge is 2.30. The van der Waals surface area contributed by atoms with Gasteiger partial charge in [0, 0.05) is 0 Å². The maximum atomic E-state index is 11.9. The first-order chi connectivity index (χ1) is 10.1. The van der Waals surface area contributed by atoms with E-state index in [0.29, 0.717) is 29.4 Å². The molecule has 7 nitrogen and oxygen atoms in total. The number of carbonyl (C=O) groups excluding carboxylic acids is 1. The minimum Gasteiger partial charge on any atom is -0.490 e. The van der Waals surface area contributed by atoms with E-state index in [1.807, 2.05) is 6.92 Å². The number of benzene rings is 1. The van der Waals surface area contributed by atoms with Gasteiger partial charge in [-0.3, -0.25) is 14.5 Å². The molecule has 0 aliphatic carbocycles. The number of hydrogen-bond acceptors (Lipinski definition) is 5. The molecule has 0 unspecified atom stereocenters. The van der Waals surface area contributed by atoms with Crippen molar-refractivity contribution in [2.45, 2.75) is 20.0 Å². The number of amides is 1. The summed E-state index contributed by atoms with van der Waals surface area (Å²) in [6.45, 7) is 1.46. The number of rotatable bonds is 6. The molecule has 1 aromatic rings. The number of fused-ring (bicyclic) bond motifs is 1. The monoisotopic (exact) mass is 295 g/mol. The van der Waals surface area contributed by atoms with Gasteiger partial charge in [0.15, 0.2) is 18.1 Å². The Morgan fingerprint density at radius 3 is 2.86 bits per heavy atom. The van der Waals surface area contributed by atoms with Crippen LogP contribution in [-0.2, 0) is 16.2 Å². The lowest BCUT2D eigenvalue weighted by Crippen LogP contribution is -2.42. The van der Waals surface area contributed by atoms with Crippen LogP contribution in [0.4, 0.5) is 5.69 Å². The molecular weight excluding hydrogens is 278 g/mol. The van der Waals surface area contributed by atoms with Gasteiger partial charge in [-0.25, -0.2) is 0 Å². The van der Waals surface area contributed by atoms with E-state index in [4.69, 9.17) is 14.6 Å². The molecule has 2 rings (SSSR count). The van der Waals surface area contributed by atoms with Crippen molar-refractivity contribution < 1.29 is 29.3 Å². The SMILES string of the molecule is CCCOc1cc(CO)cc2c1OCC(=O)N2CC(=O)O. The van der Waals surface area contributed by atoms with E-state index in [1.54, 1.807) is 6.07 Å². The molecule has 0 radical (unpaired) electrons. The highest BCUT2D eigenvalue weighted by molar-refractivity contribution is 6.01. The van der Waals surface area contributed by atoms with Crippen molar-refractivity contribution in [1.82, 2.24) is 0 Å². The number of aliphatic carboxylic acids is 1. The van der Waals surface area contributed by atoms with Gasteiger partial charge in [-0.05, 0) is 24.1 Å². The summed E-state index contributed by atoms with van der Waals surface area (Å²) in [5.41, 5.74) is 0.833. The standard InChI is InChI=1S/C14H17NO6/c1-2-3-20-11-5-9(7-16)4-10-14(11)21-8-12(17)15(10)6-13(18)19/h4-5,16H,2-3,6-8H2,1H3,(H,18,19). The molecule has 7 heteroatoms. The smallest absolute Gasteiger partial charge is 0.323 e. The second-order valence-electron chi connectivity index (χ2n) is 4.61. The summed E-state index contributed by atoms with van der Waals surface area (Å²) >= 11 is 0. The minimum atomic E-state index is -1.12. The second kappa shape index (κ2) is 6.45. The Bertz CT molecular complexity index is 557. The quantitative estimate of drug-likeness (QED) is 0.805. The summed E-state index contributed by atoms with van der Waals surface area (Å²) in [5, 5.41) is 18.2. The van der Waals surface area contributed by atoms with Crippen LogP contribution in [0, 0.1) is 0 Å². The third-order valence-corrected chi connectivity index (χ3v) is 2.96. The molecule has 1 aromatic carbocycles. The van der Waals surface area contributed by atoms with E-state index in [0.717, 1.165) is 11.3 Å². The molecular formula is C14H17NO6. The van der Waals surface area contributed by atoms with Crippen LogP contribution in [0.3, 0.4) is 0 Å². The van der Waals surface area contributed by atoms with Gasteiger partial charge in [-0.2, -0.15) is 0 Å². The largest absolute Gasteiger partial charge is 0.490 e. The first-order valence-corrected chi connectivity index (χ1v) is 6.62. The fourth-order valence-electron chi connectivity index (χ4n) is 2.05. The fraction of sp³-hybridized carbons (Fsp3) is 0.429. The van der Waals surface area contributed by atoms with Crippen LogP contribution >= 0.6 is 0 Å². The molecule has 1 aliphatic rings. The van der Waals surface area contributed by atoms with Crippen molar-refractivity contribution >= 4 is 17.6 Å². The third-order valence-electron chi connectivity index (χ3n) is 2.96. The molecule has 1 heterocycles. The number of anilines is 1. The summed E-state index contributed by atoms with van der Waals surface area (Å²) in [6, 6.07) is 3.16. The Kier molecular flexibility index (Phi) is 4.64. The van der Waals surface area contributed by atoms with Crippen LogP contribution in [0.5, 0.6) is 11.5 Å². The van der Waals surface area contributed by atoms with Crippen molar-refractivity contribution in [1.29, 1.82) is 0 Å². The summed E-state index contributed by atoms with van der Waals surface area (Å²) in [4.78, 5) is 23.9. The van der Waals surface area contributed by atoms with Gasteiger partial charge in [0.25, 0.3) is 5.91 Å². The van der Waals surface area contributed by atoms with Gasteiger partial charge in [0.05, 0.1) is 18.9 Å². The van der Waals surface area contributed by atoms with Gasteiger partial charge in [0.2, 0.25) is 0 Å². The van der Waals surface area contributed by atoms with E-state index < -0.39 is 18.4 Å². The third kappa shape index (κ3) is 3.25. The molecule has 2 N–H and O–H groups in total. The lowest BCUT2D eigenvalue weighted by atomic mass is 10.1. The predicted molar refractivity (Wildman–Crippen MR) is 73.6 cm³/mol. The number of carboxylic acids is 1. The summed E-state index contributed by atoms with van der Waals surface area (Å²) < 4.78 is 10.9. The molecule has 114 valence electrons. The number of nitrogens with zero attached hydrogens (tertiary/aromatic N) is 1. The predicted octanol–water partition coefficient (Wildman–Crippen LogP) is 0.778. The van der Waals surface area contributed by atoms with Crippen molar-refractivity contribution in [3.63, 3.8) is 0 Å². The van der Waals surface area contributed by atoms with Crippen molar-refractivity contribution in [3.05, 3.63) is 17.7 Å². The Labute approximate surface area is 121 Å². The number of carbonyl (C=O) groups is 2. The molecule has 0 spiro atoms. The number of hydrogen-bond donors (Lipinski definition) is 2. The molecule has 0 atom stereocenters. The van der Waals surface area contributed by atoms with Crippen LogP contribution in [0.25, 0.3) is 0 Å². The Balaban J connectivity index is 2.46. The van der Waals surface area contributed by atoms with Gasteiger partial charge < -0.3 is 19.7 Å². The molecule has 0 saturated heterocycles. The number of aliphatic hydroxyl groups excluding tert-OH is 1. The number of carboxylic acid groups (broad SMARTS) is 1. The normalized spacial score (nSPS) is 13.6. The van der Waals surface area contributed by atoms with Gasteiger partial charge in [-0.15, -0.1) is 0 Å². The molecule has 1 aliphatic heterocycles. The van der Waals surface area contributed by atoms with Crippen molar-refractivity contribution in [2.24, 2.45) is 0 Å². The van der Waals surface area contributed by atoms with E-state index in [9.17, 15) is 14.7 Å². The first kappa shape index (κ1) is 15.1. The van der Waals surface area contributed by atoms with Gasteiger partial charge in [-0.1, -0.05) is 6.92 Å². The maximum absolute atomic E-state index is 11.9. The number of aliphatic hydroxyl groups is 1. The van der Waals surface area contributed by atoms with E-state index >= 15 is 0 Å². The molecule has 0 saturated carbocycles. The fourth-order valence-corrected chi connectivity index (χ4v) is 2.05. The Morgan fingerprint density at radius 2 is 2.24 bits per heavy atom. The molecule has 0 bridgehead atoms. The maximum Gasteiger partial charge on any atom is 0.323 e. The van der Waals surface area contributed by atoms with Crippen LogP contribution in [0.2, 0.25) is 0 Å². The molecule has 21 heavy (non-hydrogen) atoms. The van der Waals surface area contributed by atoms with Crippen molar-refractivity contribution in [2.75, 3.05) is 24.7 Å². The van der Waals surface area contributed by atoms with Crippen LogP contribution in [0.1, 0.15) is 18.9 Å². The van der Waals surface area contributed by atoms with E-state index in [-0.39, 0.29) is 13.2 Å². The van der Waals surface area contributed by atoms with Crippen LogP contribution in [0.15, 0.2) is 12.1 Å². The molecule has 1 amide bonds. The van der Waals surface area contributed by atoms with Crippen LogP contribution in [-0.4, -0.2) is 41.8 Å². The second-order valence-corrected chi connectivity index (χ2v) is 4.61. The van der Waals surface area contributed by atoms with Gasteiger partial charge in [0.1, 0.15) is 6.54 Å². The highest BCUT2D eigenvalue weighted by atomic mass is 16.5. The topological polar surface area (TPSA) is 96.3 Å². The van der Waals surface area contributed by atoms with Gasteiger partial charge >= 0.3 is 5.97 Å². The van der Waals surface area contributed by atoms with Crippen molar-refractivity contribution in [3.8, 4) is 11.5 Å². The summed E-state index contributed by atoms with van der Waals surface area (Å²) in [6.07, 6.45) is 0.788. The highest BCUT2D eigenvalue weighted by Crippen LogP contribution is 2.41. The minimum absolute atomic E-state index is 0.235.